The van der Waals surface area contributed by atoms with Crippen LogP contribution in [0, 0.1) is 0 Å². The number of carboxylic acids is 1. The summed E-state index contributed by atoms with van der Waals surface area (Å²) in [5.74, 6) is 0.241. The molecular weight excluding hydrogens is 344 g/mol. The molecule has 0 bridgehead atoms. The van der Waals surface area contributed by atoms with Crippen LogP contribution >= 0.6 is 15.9 Å². The highest BCUT2D eigenvalue weighted by atomic mass is 79.9. The minimum atomic E-state index is -1.10. The molecule has 0 fully saturated rings. The van der Waals surface area contributed by atoms with Gasteiger partial charge in [0.15, 0.2) is 11.5 Å². The quantitative estimate of drug-likeness (QED) is 0.854. The lowest BCUT2D eigenvalue weighted by atomic mass is 10.1. The smallest absolute Gasteiger partial charge is 0.353 e. The summed E-state index contributed by atoms with van der Waals surface area (Å²) < 4.78 is 16.6. The number of carboxylic acid groups (broad SMARTS) is 1. The Morgan fingerprint density at radius 3 is 2.33 bits per heavy atom. The minimum absolute atomic E-state index is 0.0342. The summed E-state index contributed by atoms with van der Waals surface area (Å²) >= 11 is 3.38. The highest BCUT2D eigenvalue weighted by molar-refractivity contribution is 9.10. The molecule has 7 nitrogen and oxygen atoms in total. The Morgan fingerprint density at radius 2 is 1.86 bits per heavy atom. The topological polar surface area (TPSA) is 93.7 Å². The molecule has 2 rings (SSSR count). The molecule has 0 aliphatic rings. The molecule has 2 aromatic rings. The van der Waals surface area contributed by atoms with Gasteiger partial charge in [-0.05, 0) is 22.0 Å². The van der Waals surface area contributed by atoms with Crippen LogP contribution in [0.1, 0.15) is 10.5 Å². The number of hydrogen-bond donors (Lipinski definition) is 2. The molecule has 1 aromatic heterocycles. The number of nitrogens with one attached hydrogen (secondary N) is 1. The Balaban J connectivity index is 2.74. The van der Waals surface area contributed by atoms with Gasteiger partial charge in [0.25, 0.3) is 0 Å². The summed E-state index contributed by atoms with van der Waals surface area (Å²) in [5, 5.41) is 15.4. The number of hydrogen-bond acceptors (Lipinski definition) is 5. The van der Waals surface area contributed by atoms with Crippen molar-refractivity contribution in [3.8, 4) is 28.5 Å². The van der Waals surface area contributed by atoms with Gasteiger partial charge < -0.3 is 19.3 Å². The van der Waals surface area contributed by atoms with Crippen LogP contribution in [0.25, 0.3) is 11.3 Å². The normalized spacial score (nSPS) is 10.3. The molecule has 0 aliphatic carbocycles. The van der Waals surface area contributed by atoms with Crippen molar-refractivity contribution < 1.29 is 24.1 Å². The van der Waals surface area contributed by atoms with Gasteiger partial charge in [-0.3, -0.25) is 5.10 Å². The van der Waals surface area contributed by atoms with Crippen molar-refractivity contribution in [1.29, 1.82) is 0 Å². The number of carbonyl (C=O) groups is 1. The van der Waals surface area contributed by atoms with Crippen LogP contribution in [0.15, 0.2) is 16.6 Å². The van der Waals surface area contributed by atoms with E-state index in [2.05, 4.69) is 26.1 Å². The van der Waals surface area contributed by atoms with Crippen molar-refractivity contribution in [3.63, 3.8) is 0 Å². The first kappa shape index (κ1) is 15.2. The molecule has 112 valence electrons. The summed E-state index contributed by atoms with van der Waals surface area (Å²) in [7, 11) is 4.49. The Labute approximate surface area is 129 Å². The molecule has 0 unspecified atom stereocenters. The van der Waals surface area contributed by atoms with E-state index in [-0.39, 0.29) is 5.69 Å². The lowest BCUT2D eigenvalue weighted by Crippen LogP contribution is -1.98. The lowest BCUT2D eigenvalue weighted by Gasteiger charge is -2.16. The third-order valence-electron chi connectivity index (χ3n) is 2.85. The van der Waals surface area contributed by atoms with E-state index >= 15 is 0 Å². The Morgan fingerprint density at radius 1 is 1.19 bits per heavy atom. The SMILES string of the molecule is COc1cc(Br)c(OC)c(-c2cc(C(=O)O)[nH]n2)c1OC. The van der Waals surface area contributed by atoms with Gasteiger partial charge in [-0.15, -0.1) is 0 Å². The van der Waals surface area contributed by atoms with E-state index in [1.807, 2.05) is 0 Å². The summed E-state index contributed by atoms with van der Waals surface area (Å²) in [6.45, 7) is 0. The number of aromatic nitrogens is 2. The van der Waals surface area contributed by atoms with E-state index in [4.69, 9.17) is 19.3 Å². The standard InChI is InChI=1S/C13H13BrN2O5/c1-19-9-4-6(14)11(20-2)10(12(9)21-3)7-5-8(13(17)18)16-15-7/h4-5H,1-3H3,(H,15,16)(H,17,18). The highest BCUT2D eigenvalue weighted by Crippen LogP contribution is 2.48. The zero-order valence-corrected chi connectivity index (χ0v) is 13.1. The van der Waals surface area contributed by atoms with Crippen molar-refractivity contribution in [1.82, 2.24) is 10.2 Å². The maximum atomic E-state index is 11.0. The maximum absolute atomic E-state index is 11.0. The summed E-state index contributed by atoms with van der Waals surface area (Å²) in [4.78, 5) is 11.0. The van der Waals surface area contributed by atoms with Crippen molar-refractivity contribution in [2.45, 2.75) is 0 Å². The number of ether oxygens (including phenoxy) is 3. The molecule has 0 atom stereocenters. The predicted octanol–water partition coefficient (Wildman–Crippen LogP) is 2.56. The van der Waals surface area contributed by atoms with Crippen molar-refractivity contribution in [2.75, 3.05) is 21.3 Å². The second-order valence-corrected chi connectivity index (χ2v) is 4.83. The summed E-state index contributed by atoms with van der Waals surface area (Å²) in [6, 6.07) is 3.10. The summed E-state index contributed by atoms with van der Waals surface area (Å²) in [6.07, 6.45) is 0. The van der Waals surface area contributed by atoms with Crippen LogP contribution in [-0.4, -0.2) is 42.6 Å². The first-order chi connectivity index (χ1) is 10.0. The highest BCUT2D eigenvalue weighted by Gasteiger charge is 2.23. The van der Waals surface area contributed by atoms with Gasteiger partial charge in [-0.25, -0.2) is 4.79 Å². The van der Waals surface area contributed by atoms with Gasteiger partial charge in [0, 0.05) is 6.07 Å². The molecule has 0 radical (unpaired) electrons. The number of aromatic carboxylic acids is 1. The first-order valence-electron chi connectivity index (χ1n) is 5.81. The number of halogens is 1. The van der Waals surface area contributed by atoms with Crippen LogP contribution in [0.2, 0.25) is 0 Å². The summed E-state index contributed by atoms with van der Waals surface area (Å²) in [5.41, 5.74) is 0.837. The van der Waals surface area contributed by atoms with Gasteiger partial charge in [-0.1, -0.05) is 0 Å². The molecular formula is C13H13BrN2O5. The third kappa shape index (κ3) is 2.66. The van der Waals surface area contributed by atoms with E-state index in [0.29, 0.717) is 33.0 Å². The fraction of sp³-hybridized carbons (Fsp3) is 0.231. The number of methoxy groups -OCH3 is 3. The fourth-order valence-corrected chi connectivity index (χ4v) is 2.51. The van der Waals surface area contributed by atoms with Gasteiger partial charge in [-0.2, -0.15) is 5.10 Å². The largest absolute Gasteiger partial charge is 0.495 e. The molecule has 0 aliphatic heterocycles. The molecule has 0 saturated carbocycles. The predicted molar refractivity (Wildman–Crippen MR) is 78.3 cm³/mol. The Kier molecular flexibility index (Phi) is 4.37. The second kappa shape index (κ2) is 6.04. The first-order valence-corrected chi connectivity index (χ1v) is 6.60. The van der Waals surface area contributed by atoms with Crippen LogP contribution < -0.4 is 14.2 Å². The van der Waals surface area contributed by atoms with Gasteiger partial charge in [0.05, 0.1) is 31.4 Å². The van der Waals surface area contributed by atoms with Crippen molar-refractivity contribution >= 4 is 21.9 Å². The van der Waals surface area contributed by atoms with Crippen LogP contribution in [0.3, 0.4) is 0 Å². The van der Waals surface area contributed by atoms with E-state index in [1.54, 1.807) is 6.07 Å². The van der Waals surface area contributed by atoms with Crippen LogP contribution in [0.5, 0.6) is 17.2 Å². The Hall–Kier alpha value is -2.22. The van der Waals surface area contributed by atoms with Crippen molar-refractivity contribution in [2.24, 2.45) is 0 Å². The van der Waals surface area contributed by atoms with E-state index in [9.17, 15) is 4.79 Å². The lowest BCUT2D eigenvalue weighted by molar-refractivity contribution is 0.0690. The van der Waals surface area contributed by atoms with Crippen LogP contribution in [-0.2, 0) is 0 Å². The van der Waals surface area contributed by atoms with E-state index < -0.39 is 5.97 Å². The molecule has 0 amide bonds. The molecule has 21 heavy (non-hydrogen) atoms. The number of H-pyrrole nitrogens is 1. The molecule has 0 saturated heterocycles. The fourth-order valence-electron chi connectivity index (χ4n) is 1.94. The minimum Gasteiger partial charge on any atom is -0.495 e. The van der Waals surface area contributed by atoms with Crippen molar-refractivity contribution in [3.05, 3.63) is 22.3 Å². The Bertz CT molecular complexity index is 683. The zero-order chi connectivity index (χ0) is 15.6. The molecule has 1 heterocycles. The van der Waals surface area contributed by atoms with Gasteiger partial charge >= 0.3 is 5.97 Å². The number of nitrogens with zero attached hydrogens (tertiary/aromatic N) is 1. The number of benzene rings is 1. The average Bonchev–Trinajstić information content (AvgIpc) is 2.95. The zero-order valence-electron chi connectivity index (χ0n) is 11.6. The van der Waals surface area contributed by atoms with Crippen LogP contribution in [0.4, 0.5) is 0 Å². The molecule has 8 heteroatoms. The molecule has 2 N–H and O–H groups in total. The van der Waals surface area contributed by atoms with E-state index in [0.717, 1.165) is 0 Å². The molecule has 0 spiro atoms. The maximum Gasteiger partial charge on any atom is 0.353 e. The van der Waals surface area contributed by atoms with Gasteiger partial charge in [0.1, 0.15) is 17.1 Å². The third-order valence-corrected chi connectivity index (χ3v) is 3.43. The monoisotopic (exact) mass is 356 g/mol. The number of rotatable bonds is 5. The average molecular weight is 357 g/mol. The number of aromatic amines is 1. The van der Waals surface area contributed by atoms with Gasteiger partial charge in [0.2, 0.25) is 0 Å². The second-order valence-electron chi connectivity index (χ2n) is 3.97. The van der Waals surface area contributed by atoms with E-state index in [1.165, 1.54) is 27.4 Å². The molecule has 1 aromatic carbocycles.